The van der Waals surface area contributed by atoms with E-state index in [-0.39, 0.29) is 22.9 Å². The highest BCUT2D eigenvalue weighted by molar-refractivity contribution is 5.67. The Kier molecular flexibility index (Phi) is 15.5. The van der Waals surface area contributed by atoms with E-state index in [2.05, 4.69) is 40.1 Å². The summed E-state index contributed by atoms with van der Waals surface area (Å²) >= 11 is 0. The molecule has 0 spiro atoms. The van der Waals surface area contributed by atoms with E-state index >= 15 is 0 Å². The molecule has 2 aliphatic rings. The normalized spacial score (nSPS) is 15.8. The predicted molar refractivity (Wildman–Crippen MR) is 258 cm³/mol. The number of imidazole rings is 2. The lowest BCUT2D eigenvalue weighted by atomic mass is 9.88. The average molecular weight is 1060 g/mol. The smallest absolute Gasteiger partial charge is 0.416 e. The van der Waals surface area contributed by atoms with Gasteiger partial charge in [-0.2, -0.15) is 36.5 Å². The fourth-order valence-corrected chi connectivity index (χ4v) is 8.98. The van der Waals surface area contributed by atoms with E-state index in [9.17, 15) is 43.9 Å². The van der Waals surface area contributed by atoms with Crippen molar-refractivity contribution in [3.05, 3.63) is 166 Å². The van der Waals surface area contributed by atoms with Gasteiger partial charge in [-0.25, -0.2) is 56.8 Å². The zero-order valence-corrected chi connectivity index (χ0v) is 40.5. The summed E-state index contributed by atoms with van der Waals surface area (Å²) in [5.41, 5.74) is 2.19. The molecule has 24 heteroatoms. The number of hydrogen-bond acceptors (Lipinski definition) is 10. The van der Waals surface area contributed by atoms with E-state index < -0.39 is 61.4 Å². The monoisotopic (exact) mass is 1060 g/mol. The molecule has 0 saturated carbocycles. The van der Waals surface area contributed by atoms with E-state index in [4.69, 9.17) is 9.47 Å². The summed E-state index contributed by atoms with van der Waals surface area (Å²) in [6.45, 7) is 3.04. The van der Waals surface area contributed by atoms with Crippen molar-refractivity contribution in [3.63, 3.8) is 0 Å². The number of halogens is 10. The fraction of sp³-hybridized carbons (Fsp3) is 0.308. The summed E-state index contributed by atoms with van der Waals surface area (Å²) in [5, 5.41) is 8.90. The molecule has 0 amide bonds. The Morgan fingerprint density at radius 2 is 0.961 bits per heavy atom. The molecule has 2 atom stereocenters. The van der Waals surface area contributed by atoms with Gasteiger partial charge in [0.05, 0.1) is 46.6 Å². The van der Waals surface area contributed by atoms with Gasteiger partial charge in [0.25, 0.3) is 12.9 Å². The maximum absolute atomic E-state index is 13.6. The van der Waals surface area contributed by atoms with Crippen molar-refractivity contribution in [1.82, 2.24) is 58.6 Å². The molecular formula is C52H46F10N12O2. The highest BCUT2D eigenvalue weighted by atomic mass is 19.4. The van der Waals surface area contributed by atoms with Gasteiger partial charge in [0.15, 0.2) is 24.9 Å². The molecule has 2 aliphatic heterocycles. The Morgan fingerprint density at radius 3 is 1.33 bits per heavy atom. The molecule has 14 nitrogen and oxygen atoms in total. The summed E-state index contributed by atoms with van der Waals surface area (Å²) in [4.78, 5) is 26.0. The quantitative estimate of drug-likeness (QED) is 0.0966. The Labute approximate surface area is 427 Å². The Balaban J connectivity index is 0.000000186. The van der Waals surface area contributed by atoms with Crippen LogP contribution in [0.3, 0.4) is 0 Å². The van der Waals surface area contributed by atoms with Crippen LogP contribution in [0.2, 0.25) is 0 Å². The molecule has 0 bridgehead atoms. The van der Waals surface area contributed by atoms with Crippen LogP contribution in [0.1, 0.15) is 106 Å². The molecule has 10 rings (SSSR count). The van der Waals surface area contributed by atoms with Crippen LogP contribution in [0.5, 0.6) is 11.8 Å². The van der Waals surface area contributed by atoms with Crippen LogP contribution in [0.25, 0.3) is 35.7 Å². The van der Waals surface area contributed by atoms with Crippen LogP contribution in [0.4, 0.5) is 43.9 Å². The number of rotatable bonds is 14. The van der Waals surface area contributed by atoms with Crippen LogP contribution in [0, 0.1) is 13.8 Å². The second-order valence-corrected chi connectivity index (χ2v) is 17.7. The highest BCUT2D eigenvalue weighted by Gasteiger charge is 2.39. The number of hydrogen-bond donors (Lipinski definition) is 0. The molecule has 8 heterocycles. The minimum Gasteiger partial charge on any atom is -0.470 e. The van der Waals surface area contributed by atoms with E-state index in [0.717, 1.165) is 23.5 Å². The first kappa shape index (κ1) is 52.7. The van der Waals surface area contributed by atoms with Crippen molar-refractivity contribution in [2.75, 3.05) is 13.2 Å². The molecule has 0 saturated heterocycles. The van der Waals surface area contributed by atoms with Crippen LogP contribution in [-0.4, -0.2) is 84.7 Å². The topological polar surface area (TPSA) is 141 Å². The second-order valence-electron chi connectivity index (χ2n) is 17.7. The maximum Gasteiger partial charge on any atom is 0.416 e. The minimum atomic E-state index is -4.47. The van der Waals surface area contributed by atoms with Crippen molar-refractivity contribution < 1.29 is 53.4 Å². The molecular weight excluding hydrogens is 1010 g/mol. The van der Waals surface area contributed by atoms with Gasteiger partial charge in [0, 0.05) is 37.3 Å². The van der Waals surface area contributed by atoms with Crippen molar-refractivity contribution in [2.45, 2.75) is 89.7 Å². The maximum atomic E-state index is 13.6. The van der Waals surface area contributed by atoms with Gasteiger partial charge in [0.2, 0.25) is 11.8 Å². The van der Waals surface area contributed by atoms with Gasteiger partial charge in [0.1, 0.15) is 23.0 Å². The zero-order chi connectivity index (χ0) is 53.7. The molecule has 2 aromatic carbocycles. The molecule has 0 N–H and O–H groups in total. The van der Waals surface area contributed by atoms with Gasteiger partial charge < -0.3 is 18.6 Å². The molecule has 0 radical (unpaired) electrons. The third-order valence-electron chi connectivity index (χ3n) is 12.3. The first-order chi connectivity index (χ1) is 36.4. The van der Waals surface area contributed by atoms with Crippen molar-refractivity contribution >= 4 is 24.3 Å². The van der Waals surface area contributed by atoms with E-state index in [1.807, 2.05) is 0 Å². The van der Waals surface area contributed by atoms with E-state index in [1.54, 1.807) is 105 Å². The number of aromatic nitrogens is 12. The largest absolute Gasteiger partial charge is 0.470 e. The molecule has 6 aromatic heterocycles. The third-order valence-corrected chi connectivity index (χ3v) is 12.3. The van der Waals surface area contributed by atoms with Gasteiger partial charge in [-0.05, 0) is 111 Å². The summed E-state index contributed by atoms with van der Waals surface area (Å²) in [6.07, 6.45) is 0.931. The first-order valence-corrected chi connectivity index (χ1v) is 23.8. The van der Waals surface area contributed by atoms with Crippen LogP contribution >= 0.6 is 0 Å². The Morgan fingerprint density at radius 1 is 0.553 bits per heavy atom. The number of ether oxygens (including phenoxy) is 2. The summed E-state index contributed by atoms with van der Waals surface area (Å²) < 4.78 is 150. The van der Waals surface area contributed by atoms with Gasteiger partial charge >= 0.3 is 12.4 Å². The number of fused-ring (bicyclic) bond motifs is 2. The van der Waals surface area contributed by atoms with Crippen LogP contribution in [0.15, 0.2) is 97.8 Å². The summed E-state index contributed by atoms with van der Waals surface area (Å²) in [7, 11) is 0. The Hall–Kier alpha value is -8.18. The molecule has 396 valence electrons. The standard InChI is InChI=1S/2C26H23F5N6O/c2*1-16-13-36(15-32-16)21-10-8-17(33-25(21)38-14-22(27)28)9-11-23-34-24-19(6-4-12-37(24)35-23)18-5-2-3-7-20(18)26(29,30)31/h2*2-3,5,7-11,13,15,19,22H,4,6,12,14H2,1H3/b2*11-9+/t2*19-/m10/s1. The number of benzene rings is 2. The van der Waals surface area contributed by atoms with E-state index in [1.165, 1.54) is 36.9 Å². The lowest BCUT2D eigenvalue weighted by Gasteiger charge is -2.25. The van der Waals surface area contributed by atoms with Crippen molar-refractivity contribution in [2.24, 2.45) is 0 Å². The Bertz CT molecular complexity index is 3140. The SMILES string of the molecule is Cc1cn(-c2ccc(/C=C/c3nc4n(n3)CCC[C@@H]4c3ccccc3C(F)(F)F)nc2OCC(F)F)cn1.Cc1cn(-c2ccc(/C=C/c3nc4n(n3)CCC[C@H]4c3ccccc3C(F)(F)F)nc2OCC(F)F)cn1. The summed E-state index contributed by atoms with van der Waals surface area (Å²) in [6, 6.07) is 17.8. The number of pyridine rings is 2. The fourth-order valence-electron chi connectivity index (χ4n) is 8.98. The molecule has 76 heavy (non-hydrogen) atoms. The predicted octanol–water partition coefficient (Wildman–Crippen LogP) is 11.9. The number of aryl methyl sites for hydroxylation is 4. The zero-order valence-electron chi connectivity index (χ0n) is 40.5. The van der Waals surface area contributed by atoms with Crippen LogP contribution in [-0.2, 0) is 25.4 Å². The second kappa shape index (κ2) is 22.3. The lowest BCUT2D eigenvalue weighted by molar-refractivity contribution is -0.139. The highest BCUT2D eigenvalue weighted by Crippen LogP contribution is 2.42. The molecule has 0 aliphatic carbocycles. The van der Waals surface area contributed by atoms with Gasteiger partial charge in [-0.1, -0.05) is 36.4 Å². The van der Waals surface area contributed by atoms with Gasteiger partial charge in [-0.3, -0.25) is 0 Å². The molecule has 8 aromatic rings. The molecule has 0 fully saturated rings. The van der Waals surface area contributed by atoms with Crippen molar-refractivity contribution in [3.8, 4) is 23.1 Å². The molecule has 0 unspecified atom stereocenters. The lowest BCUT2D eigenvalue weighted by Crippen LogP contribution is -2.21. The number of nitrogens with zero attached hydrogens (tertiary/aromatic N) is 12. The minimum absolute atomic E-state index is 0.00534. The number of alkyl halides is 10. The van der Waals surface area contributed by atoms with Gasteiger partial charge in [-0.15, -0.1) is 0 Å². The van der Waals surface area contributed by atoms with E-state index in [0.29, 0.717) is 84.8 Å². The van der Waals surface area contributed by atoms with Crippen LogP contribution < -0.4 is 9.47 Å². The first-order valence-electron chi connectivity index (χ1n) is 23.8. The average Bonchev–Trinajstić information content (AvgIpc) is 4.24. The third kappa shape index (κ3) is 12.3. The van der Waals surface area contributed by atoms with Crippen molar-refractivity contribution in [1.29, 1.82) is 0 Å². The summed E-state index contributed by atoms with van der Waals surface area (Å²) in [5.74, 6) is 0.476.